The molecule has 1 aliphatic rings. The van der Waals surface area contributed by atoms with Gasteiger partial charge in [-0.3, -0.25) is 10.1 Å². The molecule has 0 amide bonds. The van der Waals surface area contributed by atoms with E-state index in [9.17, 15) is 0 Å². The van der Waals surface area contributed by atoms with Crippen LogP contribution in [0.3, 0.4) is 0 Å². The number of nitrogens with zero attached hydrogens (tertiary/aromatic N) is 5. The van der Waals surface area contributed by atoms with Crippen LogP contribution in [0.1, 0.15) is 11.3 Å². The topological polar surface area (TPSA) is 49.2 Å². The Kier molecular flexibility index (Phi) is 3.69. The number of likely N-dealkylation sites (N-methyl/N-ethyl adjacent to an activating group) is 1. The lowest BCUT2D eigenvalue weighted by Crippen LogP contribution is -2.50. The number of aromatic nitrogens is 3. The molecule has 2 aromatic heterocycles. The van der Waals surface area contributed by atoms with E-state index in [1.54, 1.807) is 0 Å². The number of hydrazine groups is 1. The van der Waals surface area contributed by atoms with E-state index in [0.717, 1.165) is 49.5 Å². The van der Waals surface area contributed by atoms with Gasteiger partial charge in [-0.05, 0) is 25.6 Å². The van der Waals surface area contributed by atoms with Crippen LogP contribution in [0.2, 0.25) is 0 Å². The molecular weight excluding hydrogens is 252 g/mol. The summed E-state index contributed by atoms with van der Waals surface area (Å²) in [5.41, 5.74) is 6.68. The van der Waals surface area contributed by atoms with E-state index in [0.29, 0.717) is 0 Å². The van der Waals surface area contributed by atoms with Crippen molar-refractivity contribution in [1.29, 1.82) is 0 Å². The third-order valence-electron chi connectivity index (χ3n) is 3.93. The lowest BCUT2D eigenvalue weighted by molar-refractivity contribution is 0.102. The number of nitrogens with one attached hydrogen (secondary N) is 1. The summed E-state index contributed by atoms with van der Waals surface area (Å²) in [7, 11) is 4.10. The zero-order chi connectivity index (χ0) is 14.1. The molecule has 3 rings (SSSR count). The van der Waals surface area contributed by atoms with Crippen LogP contribution >= 0.6 is 0 Å². The predicted octanol–water partition coefficient (Wildman–Crippen LogP) is 0.529. The second-order valence-corrected chi connectivity index (χ2v) is 5.55. The number of piperazine rings is 1. The zero-order valence-corrected chi connectivity index (χ0v) is 12.4. The summed E-state index contributed by atoms with van der Waals surface area (Å²) in [5, 5.41) is 7.84. The van der Waals surface area contributed by atoms with Crippen LogP contribution in [0.5, 0.6) is 0 Å². The van der Waals surface area contributed by atoms with Crippen molar-refractivity contribution in [3.8, 4) is 0 Å². The molecule has 0 atom stereocenters. The minimum Gasteiger partial charge on any atom is -0.304 e. The maximum Gasteiger partial charge on any atom is 0.157 e. The molecule has 0 aromatic carbocycles. The van der Waals surface area contributed by atoms with Crippen molar-refractivity contribution >= 4 is 11.0 Å². The number of fused-ring (bicyclic) bond motifs is 1. The Balaban J connectivity index is 1.67. The Morgan fingerprint density at radius 2 is 1.95 bits per heavy atom. The molecule has 0 aliphatic carbocycles. The number of hydrogen-bond donors (Lipinski definition) is 1. The van der Waals surface area contributed by atoms with E-state index in [1.165, 1.54) is 5.56 Å². The lowest BCUT2D eigenvalue weighted by Gasteiger charge is -2.32. The van der Waals surface area contributed by atoms with Crippen LogP contribution in [-0.2, 0) is 13.6 Å². The van der Waals surface area contributed by atoms with Crippen LogP contribution in [0, 0.1) is 6.92 Å². The van der Waals surface area contributed by atoms with Gasteiger partial charge in [0.25, 0.3) is 0 Å². The Morgan fingerprint density at radius 1 is 1.20 bits per heavy atom. The highest BCUT2D eigenvalue weighted by Gasteiger charge is 2.13. The highest BCUT2D eigenvalue weighted by Crippen LogP contribution is 2.16. The molecule has 6 heteroatoms. The molecule has 0 unspecified atom stereocenters. The largest absolute Gasteiger partial charge is 0.304 e. The minimum atomic E-state index is 0.820. The second-order valence-electron chi connectivity index (χ2n) is 5.55. The first-order valence-corrected chi connectivity index (χ1v) is 7.09. The molecule has 1 aliphatic heterocycles. The molecule has 0 radical (unpaired) electrons. The van der Waals surface area contributed by atoms with Crippen LogP contribution < -0.4 is 5.43 Å². The van der Waals surface area contributed by atoms with E-state index in [4.69, 9.17) is 0 Å². The molecule has 20 heavy (non-hydrogen) atoms. The van der Waals surface area contributed by atoms with Crippen molar-refractivity contribution in [3.05, 3.63) is 23.5 Å². The third-order valence-corrected chi connectivity index (χ3v) is 3.93. The monoisotopic (exact) mass is 274 g/mol. The van der Waals surface area contributed by atoms with Crippen LogP contribution in [0.4, 0.5) is 0 Å². The molecule has 0 bridgehead atoms. The Morgan fingerprint density at radius 3 is 2.70 bits per heavy atom. The number of rotatable bonds is 3. The molecule has 0 saturated carbocycles. The van der Waals surface area contributed by atoms with Crippen molar-refractivity contribution in [2.24, 2.45) is 7.05 Å². The average Bonchev–Trinajstić information content (AvgIpc) is 2.73. The number of pyridine rings is 1. The molecule has 1 saturated heterocycles. The van der Waals surface area contributed by atoms with Crippen molar-refractivity contribution in [3.63, 3.8) is 0 Å². The summed E-state index contributed by atoms with van der Waals surface area (Å²) in [6, 6.07) is 2.19. The van der Waals surface area contributed by atoms with Gasteiger partial charge >= 0.3 is 0 Å². The van der Waals surface area contributed by atoms with E-state index in [2.05, 4.69) is 38.5 Å². The van der Waals surface area contributed by atoms with Gasteiger partial charge in [0.1, 0.15) is 0 Å². The standard InChI is InChI=1S/C14H22N6/c1-11-13-8-12(9-15-14(13)19(3)17-11)10-16-20-6-4-18(2)5-7-20/h8-9,16H,4-7,10H2,1-3H3. The van der Waals surface area contributed by atoms with Gasteiger partial charge in [-0.15, -0.1) is 0 Å². The second kappa shape index (κ2) is 5.47. The molecule has 1 fully saturated rings. The van der Waals surface area contributed by atoms with Crippen molar-refractivity contribution < 1.29 is 0 Å². The van der Waals surface area contributed by atoms with E-state index >= 15 is 0 Å². The van der Waals surface area contributed by atoms with Crippen LogP contribution in [-0.4, -0.2) is 57.9 Å². The highest BCUT2D eigenvalue weighted by molar-refractivity contribution is 5.78. The summed E-state index contributed by atoms with van der Waals surface area (Å²) < 4.78 is 1.84. The summed E-state index contributed by atoms with van der Waals surface area (Å²) in [5.74, 6) is 0. The maximum atomic E-state index is 4.51. The fourth-order valence-electron chi connectivity index (χ4n) is 2.62. The third kappa shape index (κ3) is 2.67. The van der Waals surface area contributed by atoms with Gasteiger partial charge < -0.3 is 4.90 Å². The van der Waals surface area contributed by atoms with Crippen molar-refractivity contribution in [2.75, 3.05) is 33.2 Å². The maximum absolute atomic E-state index is 4.51. The summed E-state index contributed by atoms with van der Waals surface area (Å²) in [4.78, 5) is 6.86. The van der Waals surface area contributed by atoms with Gasteiger partial charge in [0, 0.05) is 51.4 Å². The van der Waals surface area contributed by atoms with Crippen LogP contribution in [0.15, 0.2) is 12.3 Å². The molecular formula is C14H22N6. The quantitative estimate of drug-likeness (QED) is 0.885. The minimum absolute atomic E-state index is 0.820. The number of hydrogen-bond acceptors (Lipinski definition) is 5. The Hall–Kier alpha value is -1.50. The van der Waals surface area contributed by atoms with Crippen LogP contribution in [0.25, 0.3) is 11.0 Å². The molecule has 2 aromatic rings. The van der Waals surface area contributed by atoms with E-state index < -0.39 is 0 Å². The summed E-state index contributed by atoms with van der Waals surface area (Å²) in [6.07, 6.45) is 1.94. The van der Waals surface area contributed by atoms with Gasteiger partial charge in [0.15, 0.2) is 5.65 Å². The van der Waals surface area contributed by atoms with Gasteiger partial charge in [0.05, 0.1) is 5.69 Å². The zero-order valence-electron chi connectivity index (χ0n) is 12.4. The molecule has 108 valence electrons. The summed E-state index contributed by atoms with van der Waals surface area (Å²) in [6.45, 7) is 7.22. The molecule has 1 N–H and O–H groups in total. The van der Waals surface area contributed by atoms with Gasteiger partial charge in [0.2, 0.25) is 0 Å². The van der Waals surface area contributed by atoms with Crippen molar-refractivity contribution in [1.82, 2.24) is 30.1 Å². The Labute approximate surface area is 119 Å². The fraction of sp³-hybridized carbons (Fsp3) is 0.571. The van der Waals surface area contributed by atoms with Gasteiger partial charge in [-0.2, -0.15) is 5.10 Å². The molecule has 6 nitrogen and oxygen atoms in total. The van der Waals surface area contributed by atoms with E-state index in [1.807, 2.05) is 24.9 Å². The van der Waals surface area contributed by atoms with Gasteiger partial charge in [-0.1, -0.05) is 0 Å². The van der Waals surface area contributed by atoms with E-state index in [-0.39, 0.29) is 0 Å². The predicted molar refractivity (Wildman–Crippen MR) is 79.2 cm³/mol. The first-order chi connectivity index (χ1) is 9.63. The molecule has 0 spiro atoms. The first-order valence-electron chi connectivity index (χ1n) is 7.09. The highest BCUT2D eigenvalue weighted by atomic mass is 15.5. The normalized spacial score (nSPS) is 17.9. The first kappa shape index (κ1) is 13.5. The smallest absolute Gasteiger partial charge is 0.157 e. The van der Waals surface area contributed by atoms with Gasteiger partial charge in [-0.25, -0.2) is 9.99 Å². The average molecular weight is 274 g/mol. The lowest BCUT2D eigenvalue weighted by atomic mass is 10.2. The van der Waals surface area contributed by atoms with Crippen molar-refractivity contribution in [2.45, 2.75) is 13.5 Å². The molecule has 3 heterocycles. The number of aryl methyl sites for hydroxylation is 2. The summed E-state index contributed by atoms with van der Waals surface area (Å²) >= 11 is 0. The SMILES string of the molecule is Cc1nn(C)c2ncc(CNN3CCN(C)CC3)cc12. The Bertz CT molecular complexity index is 597. The fourth-order valence-corrected chi connectivity index (χ4v) is 2.62.